The number of carbonyl (C=O) groups excluding carboxylic acids is 1. The number of aromatic nitrogens is 3. The normalized spacial score (nSPS) is 10.3. The van der Waals surface area contributed by atoms with E-state index in [1.807, 2.05) is 13.8 Å². The van der Waals surface area contributed by atoms with E-state index in [9.17, 15) is 4.79 Å². The Kier molecular flexibility index (Phi) is 4.06. The molecule has 0 bridgehead atoms. The third kappa shape index (κ3) is 3.05. The lowest BCUT2D eigenvalue weighted by Crippen LogP contribution is -2.14. The Morgan fingerprint density at radius 1 is 1.37 bits per heavy atom. The number of aryl methyl sites for hydroxylation is 2. The third-order valence-corrected chi connectivity index (χ3v) is 3.50. The number of nitrogens with zero attached hydrogens (tertiary/aromatic N) is 3. The van der Waals surface area contributed by atoms with Crippen LogP contribution in [0.5, 0.6) is 0 Å². The molecule has 2 rings (SSSR count). The lowest BCUT2D eigenvalue weighted by Gasteiger charge is -2.02. The van der Waals surface area contributed by atoms with E-state index in [1.54, 1.807) is 13.2 Å². The minimum Gasteiger partial charge on any atom is -0.372 e. The molecule has 0 spiro atoms. The van der Waals surface area contributed by atoms with Crippen LogP contribution in [0.2, 0.25) is 0 Å². The van der Waals surface area contributed by atoms with Crippen LogP contribution >= 0.6 is 11.3 Å². The van der Waals surface area contributed by atoms with Gasteiger partial charge in [-0.15, -0.1) is 11.3 Å². The topological polar surface area (TPSA) is 79.8 Å². The van der Waals surface area contributed by atoms with Gasteiger partial charge in [0.15, 0.2) is 5.13 Å². The number of carbonyl (C=O) groups is 1. The first kappa shape index (κ1) is 13.4. The summed E-state index contributed by atoms with van der Waals surface area (Å²) in [6.45, 7) is 4.03. The zero-order chi connectivity index (χ0) is 13.8. The Balaban J connectivity index is 2.15. The highest BCUT2D eigenvalue weighted by atomic mass is 32.1. The van der Waals surface area contributed by atoms with Crippen molar-refractivity contribution < 1.29 is 4.79 Å². The van der Waals surface area contributed by atoms with Gasteiger partial charge in [0.25, 0.3) is 5.91 Å². The highest BCUT2D eigenvalue weighted by Gasteiger charge is 2.12. The predicted octanol–water partition coefficient (Wildman–Crippen LogP) is 2.10. The molecule has 1 amide bonds. The van der Waals surface area contributed by atoms with Gasteiger partial charge >= 0.3 is 0 Å². The summed E-state index contributed by atoms with van der Waals surface area (Å²) in [6, 6.07) is 0. The van der Waals surface area contributed by atoms with Crippen LogP contribution in [0.4, 0.5) is 10.9 Å². The molecule has 6 nitrogen and oxygen atoms in total. The fraction of sp³-hybridized carbons (Fsp3) is 0.333. The molecule has 2 aromatic heterocycles. The molecule has 2 N–H and O–H groups in total. The van der Waals surface area contributed by atoms with E-state index in [1.165, 1.54) is 17.5 Å². The third-order valence-electron chi connectivity index (χ3n) is 2.57. The molecule has 0 fully saturated rings. The summed E-state index contributed by atoms with van der Waals surface area (Å²) >= 11 is 1.47. The van der Waals surface area contributed by atoms with E-state index in [0.29, 0.717) is 10.9 Å². The molecule has 0 radical (unpaired) electrons. The zero-order valence-electron chi connectivity index (χ0n) is 11.0. The fourth-order valence-electron chi connectivity index (χ4n) is 1.57. The van der Waals surface area contributed by atoms with Crippen LogP contribution in [0, 0.1) is 6.92 Å². The smallest absolute Gasteiger partial charge is 0.277 e. The van der Waals surface area contributed by atoms with Crippen molar-refractivity contribution in [1.29, 1.82) is 0 Å². The molecule has 2 heterocycles. The molecular formula is C12H15N5OS. The van der Waals surface area contributed by atoms with Crippen LogP contribution < -0.4 is 10.6 Å². The number of rotatable bonds is 4. The quantitative estimate of drug-likeness (QED) is 0.894. The van der Waals surface area contributed by atoms with Crippen molar-refractivity contribution in [1.82, 2.24) is 15.0 Å². The van der Waals surface area contributed by atoms with Crippen molar-refractivity contribution in [2.75, 3.05) is 17.7 Å². The first-order valence-electron chi connectivity index (χ1n) is 5.91. The van der Waals surface area contributed by atoms with Gasteiger partial charge in [0, 0.05) is 11.9 Å². The first-order chi connectivity index (χ1) is 9.13. The molecule has 19 heavy (non-hydrogen) atoms. The summed E-state index contributed by atoms with van der Waals surface area (Å²) in [5.74, 6) is 0.248. The van der Waals surface area contributed by atoms with Gasteiger partial charge in [-0.2, -0.15) is 0 Å². The highest BCUT2D eigenvalue weighted by molar-refractivity contribution is 7.15. The Bertz CT molecular complexity index is 596. The summed E-state index contributed by atoms with van der Waals surface area (Å²) < 4.78 is 0. The largest absolute Gasteiger partial charge is 0.372 e. The molecule has 0 saturated heterocycles. The van der Waals surface area contributed by atoms with Gasteiger partial charge in [-0.1, -0.05) is 6.92 Å². The van der Waals surface area contributed by atoms with Crippen LogP contribution in [-0.2, 0) is 6.42 Å². The van der Waals surface area contributed by atoms with Gasteiger partial charge in [-0.25, -0.2) is 9.97 Å². The maximum Gasteiger partial charge on any atom is 0.277 e. The first-order valence-corrected chi connectivity index (χ1v) is 6.73. The second-order valence-corrected chi connectivity index (χ2v) is 5.07. The molecule has 0 atom stereocenters. The molecule has 0 aliphatic heterocycles. The predicted molar refractivity (Wildman–Crippen MR) is 75.8 cm³/mol. The van der Waals surface area contributed by atoms with Crippen molar-refractivity contribution >= 4 is 28.2 Å². The fourth-order valence-corrected chi connectivity index (χ4v) is 2.46. The Morgan fingerprint density at radius 2 is 2.16 bits per heavy atom. The Labute approximate surface area is 115 Å². The minimum absolute atomic E-state index is 0.262. The average molecular weight is 277 g/mol. The van der Waals surface area contributed by atoms with Crippen LogP contribution in [0.25, 0.3) is 0 Å². The van der Waals surface area contributed by atoms with Gasteiger partial charge in [-0.05, 0) is 13.3 Å². The highest BCUT2D eigenvalue weighted by Crippen LogP contribution is 2.22. The second-order valence-electron chi connectivity index (χ2n) is 3.87. The van der Waals surface area contributed by atoms with Gasteiger partial charge in [0.05, 0.1) is 18.1 Å². The SMILES string of the molecule is CCc1nc(NC(=O)c2cncc(NC)n2)sc1C. The second kappa shape index (κ2) is 5.75. The van der Waals surface area contributed by atoms with Crippen LogP contribution in [0.1, 0.15) is 28.0 Å². The maximum atomic E-state index is 12.0. The number of hydrogen-bond donors (Lipinski definition) is 2. The molecule has 100 valence electrons. The number of anilines is 2. The summed E-state index contributed by atoms with van der Waals surface area (Å²) in [5, 5.41) is 6.18. The van der Waals surface area contributed by atoms with Crippen LogP contribution in [0.15, 0.2) is 12.4 Å². The van der Waals surface area contributed by atoms with Crippen LogP contribution in [0.3, 0.4) is 0 Å². The van der Waals surface area contributed by atoms with E-state index in [0.717, 1.165) is 17.0 Å². The molecule has 0 aliphatic rings. The van der Waals surface area contributed by atoms with E-state index in [2.05, 4.69) is 25.6 Å². The molecule has 0 unspecified atom stereocenters. The molecule has 7 heteroatoms. The Morgan fingerprint density at radius 3 is 2.79 bits per heavy atom. The van der Waals surface area contributed by atoms with Gasteiger partial charge < -0.3 is 5.32 Å². The van der Waals surface area contributed by atoms with Crippen LogP contribution in [-0.4, -0.2) is 27.9 Å². The number of hydrogen-bond acceptors (Lipinski definition) is 6. The maximum absolute atomic E-state index is 12.0. The Hall–Kier alpha value is -2.02. The lowest BCUT2D eigenvalue weighted by molar-refractivity contribution is 0.102. The summed E-state index contributed by atoms with van der Waals surface area (Å²) in [4.78, 5) is 25.6. The van der Waals surface area contributed by atoms with Crippen molar-refractivity contribution in [2.24, 2.45) is 0 Å². The molecule has 0 aliphatic carbocycles. The average Bonchev–Trinajstić information content (AvgIpc) is 2.78. The van der Waals surface area contributed by atoms with Gasteiger partial charge in [-0.3, -0.25) is 15.1 Å². The van der Waals surface area contributed by atoms with Crippen molar-refractivity contribution in [3.05, 3.63) is 28.7 Å². The number of thiazole rings is 1. The van der Waals surface area contributed by atoms with Gasteiger partial charge in [0.2, 0.25) is 0 Å². The van der Waals surface area contributed by atoms with E-state index in [4.69, 9.17) is 0 Å². The van der Waals surface area contributed by atoms with Crippen molar-refractivity contribution in [3.8, 4) is 0 Å². The molecule has 2 aromatic rings. The molecule has 0 saturated carbocycles. The summed E-state index contributed by atoms with van der Waals surface area (Å²) in [5.41, 5.74) is 1.27. The number of amides is 1. The molecular weight excluding hydrogens is 262 g/mol. The van der Waals surface area contributed by atoms with Crippen molar-refractivity contribution in [3.63, 3.8) is 0 Å². The van der Waals surface area contributed by atoms with E-state index >= 15 is 0 Å². The van der Waals surface area contributed by atoms with Crippen molar-refractivity contribution in [2.45, 2.75) is 20.3 Å². The summed E-state index contributed by atoms with van der Waals surface area (Å²) in [7, 11) is 1.73. The lowest BCUT2D eigenvalue weighted by atomic mass is 10.3. The molecule has 0 aromatic carbocycles. The summed E-state index contributed by atoms with van der Waals surface area (Å²) in [6.07, 6.45) is 3.84. The van der Waals surface area contributed by atoms with E-state index in [-0.39, 0.29) is 11.6 Å². The van der Waals surface area contributed by atoms with E-state index < -0.39 is 0 Å². The van der Waals surface area contributed by atoms with Gasteiger partial charge in [0.1, 0.15) is 11.5 Å². The monoisotopic (exact) mass is 277 g/mol. The minimum atomic E-state index is -0.305. The number of nitrogens with one attached hydrogen (secondary N) is 2. The zero-order valence-corrected chi connectivity index (χ0v) is 11.8. The standard InChI is InChI=1S/C12H15N5OS/c1-4-8-7(2)19-12(16-8)17-11(18)9-5-14-6-10(13-3)15-9/h5-6H,4H2,1-3H3,(H,13,15)(H,16,17,18).